The summed E-state index contributed by atoms with van der Waals surface area (Å²) in [6.45, 7) is 7.85. The molecule has 7 heteroatoms. The van der Waals surface area contributed by atoms with Gasteiger partial charge in [0.15, 0.2) is 11.6 Å². The summed E-state index contributed by atoms with van der Waals surface area (Å²) in [6.07, 6.45) is 1.73. The molecule has 0 bridgehead atoms. The predicted octanol–water partition coefficient (Wildman–Crippen LogP) is 4.30. The summed E-state index contributed by atoms with van der Waals surface area (Å²) in [7, 11) is 0. The third kappa shape index (κ3) is 3.54. The molecule has 1 atom stereocenters. The van der Waals surface area contributed by atoms with Crippen LogP contribution in [0.2, 0.25) is 0 Å². The van der Waals surface area contributed by atoms with Crippen LogP contribution in [0.3, 0.4) is 0 Å². The zero-order valence-electron chi connectivity index (χ0n) is 17.4. The molecule has 0 aromatic heterocycles. The number of para-hydroxylation sites is 1. The molecule has 158 valence electrons. The Morgan fingerprint density at radius 1 is 1.17 bits per heavy atom. The molecule has 6 nitrogen and oxygen atoms in total. The normalized spacial score (nSPS) is 17.5. The van der Waals surface area contributed by atoms with E-state index in [1.165, 1.54) is 6.07 Å². The van der Waals surface area contributed by atoms with Gasteiger partial charge >= 0.3 is 5.97 Å². The van der Waals surface area contributed by atoms with Crippen LogP contribution in [0.25, 0.3) is 0 Å². The molecule has 2 aromatic carbocycles. The van der Waals surface area contributed by atoms with Gasteiger partial charge in [0, 0.05) is 44.0 Å². The number of aliphatic carboxylic acids is 1. The summed E-state index contributed by atoms with van der Waals surface area (Å²) < 4.78 is 21.1. The maximum Gasteiger partial charge on any atom is 0.310 e. The average Bonchev–Trinajstić information content (AvgIpc) is 2.92. The zero-order valence-corrected chi connectivity index (χ0v) is 17.4. The van der Waals surface area contributed by atoms with Crippen molar-refractivity contribution in [2.75, 3.05) is 31.1 Å². The van der Waals surface area contributed by atoms with Crippen molar-refractivity contribution >= 4 is 23.6 Å². The van der Waals surface area contributed by atoms with Gasteiger partial charge in [-0.1, -0.05) is 12.1 Å². The van der Waals surface area contributed by atoms with Gasteiger partial charge in [-0.2, -0.15) is 0 Å². The topological polar surface area (TPSA) is 65.4 Å². The molecule has 0 radical (unpaired) electrons. The number of aliphatic imine (C=N–C) groups is 1. The lowest BCUT2D eigenvalue weighted by Gasteiger charge is -2.43. The molecule has 1 fully saturated rings. The maximum absolute atomic E-state index is 15.0. The average molecular weight is 411 g/mol. The molecule has 0 saturated carbocycles. The summed E-state index contributed by atoms with van der Waals surface area (Å²) in [4.78, 5) is 20.2. The fourth-order valence-electron chi connectivity index (χ4n) is 3.93. The van der Waals surface area contributed by atoms with Gasteiger partial charge in [-0.05, 0) is 45.0 Å². The van der Waals surface area contributed by atoms with Gasteiger partial charge in [0.1, 0.15) is 17.1 Å². The monoisotopic (exact) mass is 411 g/mol. The fraction of sp³-hybridized carbons (Fsp3) is 0.391. The van der Waals surface area contributed by atoms with E-state index in [0.717, 1.165) is 5.56 Å². The highest BCUT2D eigenvalue weighted by Gasteiger charge is 2.39. The summed E-state index contributed by atoms with van der Waals surface area (Å²) >= 11 is 0. The fourth-order valence-corrected chi connectivity index (χ4v) is 3.93. The lowest BCUT2D eigenvalue weighted by molar-refractivity contribution is -0.150. The van der Waals surface area contributed by atoms with Crippen molar-refractivity contribution in [3.05, 3.63) is 47.8 Å². The Labute approximate surface area is 175 Å². The SMILES string of the molecule is CC(N1CCN(c2c(F)ccc3c2Oc2ccccc2C=N3)CC1)C(C)(C)C(=O)O. The first-order chi connectivity index (χ1) is 14.3. The quantitative estimate of drug-likeness (QED) is 0.693. The zero-order chi connectivity index (χ0) is 21.5. The number of fused-ring (bicyclic) bond motifs is 2. The third-order valence-electron chi connectivity index (χ3n) is 6.31. The number of benzene rings is 2. The number of carboxylic acids is 1. The number of nitrogens with zero attached hydrogens (tertiary/aromatic N) is 3. The highest BCUT2D eigenvalue weighted by molar-refractivity contribution is 5.89. The summed E-state index contributed by atoms with van der Waals surface area (Å²) in [6, 6.07) is 10.5. The van der Waals surface area contributed by atoms with Crippen LogP contribution in [0.5, 0.6) is 11.5 Å². The van der Waals surface area contributed by atoms with Crippen molar-refractivity contribution in [3.8, 4) is 11.5 Å². The number of carbonyl (C=O) groups is 1. The van der Waals surface area contributed by atoms with E-state index >= 15 is 0 Å². The molecule has 2 heterocycles. The minimum Gasteiger partial charge on any atom is -0.481 e. The van der Waals surface area contributed by atoms with Gasteiger partial charge in [-0.25, -0.2) is 4.39 Å². The van der Waals surface area contributed by atoms with E-state index in [-0.39, 0.29) is 11.9 Å². The Morgan fingerprint density at radius 2 is 1.87 bits per heavy atom. The van der Waals surface area contributed by atoms with Gasteiger partial charge in [0.25, 0.3) is 0 Å². The van der Waals surface area contributed by atoms with Crippen molar-refractivity contribution in [1.29, 1.82) is 0 Å². The summed E-state index contributed by atoms with van der Waals surface area (Å²) in [5.41, 5.74) is 0.977. The largest absolute Gasteiger partial charge is 0.481 e. The molecule has 2 aromatic rings. The van der Waals surface area contributed by atoms with E-state index in [1.54, 1.807) is 26.1 Å². The number of carboxylic acid groups (broad SMARTS) is 1. The minimum atomic E-state index is -0.862. The predicted molar refractivity (Wildman–Crippen MR) is 115 cm³/mol. The van der Waals surface area contributed by atoms with Gasteiger partial charge in [0.05, 0.1) is 5.41 Å². The molecule has 4 rings (SSSR count). The molecular formula is C23H26FN3O3. The van der Waals surface area contributed by atoms with Crippen molar-refractivity contribution in [2.45, 2.75) is 26.8 Å². The second-order valence-electron chi connectivity index (χ2n) is 8.37. The maximum atomic E-state index is 15.0. The minimum absolute atomic E-state index is 0.136. The van der Waals surface area contributed by atoms with Gasteiger partial charge in [0.2, 0.25) is 0 Å². The van der Waals surface area contributed by atoms with Crippen LogP contribution in [0.1, 0.15) is 26.3 Å². The van der Waals surface area contributed by atoms with E-state index in [9.17, 15) is 14.3 Å². The second kappa shape index (κ2) is 7.72. The van der Waals surface area contributed by atoms with Crippen LogP contribution < -0.4 is 9.64 Å². The van der Waals surface area contributed by atoms with Crippen molar-refractivity contribution in [3.63, 3.8) is 0 Å². The molecule has 1 unspecified atom stereocenters. The van der Waals surface area contributed by atoms with Gasteiger partial charge in [-0.3, -0.25) is 14.7 Å². The Hall–Kier alpha value is -2.93. The van der Waals surface area contributed by atoms with Crippen molar-refractivity contribution in [2.24, 2.45) is 10.4 Å². The first-order valence-corrected chi connectivity index (χ1v) is 10.1. The van der Waals surface area contributed by atoms with E-state index in [0.29, 0.717) is 49.1 Å². The molecule has 0 amide bonds. The van der Waals surface area contributed by atoms with Gasteiger partial charge < -0.3 is 14.7 Å². The van der Waals surface area contributed by atoms with E-state index in [4.69, 9.17) is 4.74 Å². The van der Waals surface area contributed by atoms with Gasteiger partial charge in [-0.15, -0.1) is 0 Å². The number of ether oxygens (including phenoxy) is 1. The Balaban J connectivity index is 1.59. The second-order valence-corrected chi connectivity index (χ2v) is 8.37. The van der Waals surface area contributed by atoms with Crippen LogP contribution in [-0.4, -0.2) is 54.4 Å². The molecule has 30 heavy (non-hydrogen) atoms. The molecule has 2 aliphatic rings. The van der Waals surface area contributed by atoms with E-state index in [1.807, 2.05) is 36.1 Å². The van der Waals surface area contributed by atoms with Crippen molar-refractivity contribution < 1.29 is 19.0 Å². The standard InChI is InChI=1S/C23H26FN3O3/c1-15(23(2,3)22(28)29)26-10-12-27(13-11-26)20-17(24)8-9-18-21(20)30-19-7-5-4-6-16(19)14-25-18/h4-9,14-15H,10-13H2,1-3H3,(H,28,29). The Bertz CT molecular complexity index is 997. The summed E-state index contributed by atoms with van der Waals surface area (Å²) in [5, 5.41) is 9.53. The van der Waals surface area contributed by atoms with Crippen molar-refractivity contribution in [1.82, 2.24) is 4.90 Å². The molecule has 1 saturated heterocycles. The van der Waals surface area contributed by atoms with Crippen LogP contribution in [0.15, 0.2) is 41.4 Å². The van der Waals surface area contributed by atoms with Crippen LogP contribution in [-0.2, 0) is 4.79 Å². The highest BCUT2D eigenvalue weighted by Crippen LogP contribution is 2.45. The molecule has 1 N–H and O–H groups in total. The first kappa shape index (κ1) is 20.3. The van der Waals surface area contributed by atoms with Crippen LogP contribution >= 0.6 is 0 Å². The Kier molecular flexibility index (Phi) is 5.24. The first-order valence-electron chi connectivity index (χ1n) is 10.1. The summed E-state index contributed by atoms with van der Waals surface area (Å²) in [5.74, 6) is -0.108. The van der Waals surface area contributed by atoms with Crippen LogP contribution in [0, 0.1) is 11.2 Å². The van der Waals surface area contributed by atoms with E-state index in [2.05, 4.69) is 9.89 Å². The molecule has 0 aliphatic carbocycles. The van der Waals surface area contributed by atoms with E-state index < -0.39 is 11.4 Å². The molecule has 0 spiro atoms. The number of halogens is 1. The lowest BCUT2D eigenvalue weighted by atomic mass is 9.84. The van der Waals surface area contributed by atoms with Crippen LogP contribution in [0.4, 0.5) is 15.8 Å². The lowest BCUT2D eigenvalue weighted by Crippen LogP contribution is -2.55. The molecular weight excluding hydrogens is 385 g/mol. The molecule has 2 aliphatic heterocycles. The Morgan fingerprint density at radius 3 is 2.57 bits per heavy atom. The number of piperazine rings is 1. The highest BCUT2D eigenvalue weighted by atomic mass is 19.1. The number of hydrogen-bond donors (Lipinski definition) is 1. The number of rotatable bonds is 4. The number of hydrogen-bond acceptors (Lipinski definition) is 5. The number of anilines is 1. The third-order valence-corrected chi connectivity index (χ3v) is 6.31. The smallest absolute Gasteiger partial charge is 0.310 e.